The summed E-state index contributed by atoms with van der Waals surface area (Å²) in [6.07, 6.45) is 1.45. The van der Waals surface area contributed by atoms with Crippen LogP contribution in [-0.2, 0) is 11.3 Å². The zero-order valence-corrected chi connectivity index (χ0v) is 12.5. The van der Waals surface area contributed by atoms with Crippen LogP contribution in [0, 0.1) is 0 Å². The van der Waals surface area contributed by atoms with Crippen molar-refractivity contribution in [3.63, 3.8) is 0 Å². The molecule has 0 amide bonds. The molecule has 2 aromatic rings. The first-order valence-corrected chi connectivity index (χ1v) is 6.87. The van der Waals surface area contributed by atoms with Crippen molar-refractivity contribution in [3.05, 3.63) is 47.7 Å². The Morgan fingerprint density at radius 3 is 2.77 bits per heavy atom. The zero-order chi connectivity index (χ0) is 15.9. The lowest BCUT2D eigenvalue weighted by Gasteiger charge is -2.10. The van der Waals surface area contributed by atoms with E-state index in [1.165, 1.54) is 13.3 Å². The molecule has 0 bridgehead atoms. The van der Waals surface area contributed by atoms with Gasteiger partial charge in [-0.05, 0) is 25.1 Å². The van der Waals surface area contributed by atoms with Gasteiger partial charge in [0.1, 0.15) is 5.82 Å². The molecule has 2 N–H and O–H groups in total. The largest absolute Gasteiger partial charge is 0.504 e. The highest BCUT2D eigenvalue weighted by molar-refractivity contribution is 5.89. The van der Waals surface area contributed by atoms with Gasteiger partial charge in [0, 0.05) is 18.3 Å². The fourth-order valence-electron chi connectivity index (χ4n) is 1.89. The lowest BCUT2D eigenvalue weighted by atomic mass is 10.2. The van der Waals surface area contributed by atoms with Gasteiger partial charge in [0.25, 0.3) is 0 Å². The van der Waals surface area contributed by atoms with Crippen LogP contribution in [0.25, 0.3) is 0 Å². The summed E-state index contributed by atoms with van der Waals surface area (Å²) in [5.74, 6) is 0.716. The van der Waals surface area contributed by atoms with Crippen LogP contribution in [0.3, 0.4) is 0 Å². The number of esters is 1. The van der Waals surface area contributed by atoms with Gasteiger partial charge < -0.3 is 19.9 Å². The van der Waals surface area contributed by atoms with Gasteiger partial charge in [-0.3, -0.25) is 0 Å². The minimum atomic E-state index is -0.396. The predicted octanol–water partition coefficient (Wildman–Crippen LogP) is 2.58. The Morgan fingerprint density at radius 2 is 2.14 bits per heavy atom. The number of pyridine rings is 1. The molecule has 6 nitrogen and oxygen atoms in total. The molecule has 0 aliphatic heterocycles. The molecule has 1 aromatic heterocycles. The van der Waals surface area contributed by atoms with Crippen molar-refractivity contribution < 1.29 is 19.4 Å². The highest BCUT2D eigenvalue weighted by Crippen LogP contribution is 2.29. The molecule has 1 heterocycles. The quantitative estimate of drug-likeness (QED) is 0.798. The van der Waals surface area contributed by atoms with E-state index >= 15 is 0 Å². The normalized spacial score (nSPS) is 10.1. The van der Waals surface area contributed by atoms with Crippen molar-refractivity contribution >= 4 is 11.8 Å². The average Bonchev–Trinajstić information content (AvgIpc) is 2.54. The number of phenolic OH excluding ortho intramolecular Hbond substituents is 1. The van der Waals surface area contributed by atoms with E-state index < -0.39 is 5.97 Å². The van der Waals surface area contributed by atoms with E-state index in [2.05, 4.69) is 10.3 Å². The van der Waals surface area contributed by atoms with Crippen LogP contribution in [0.15, 0.2) is 36.5 Å². The van der Waals surface area contributed by atoms with Gasteiger partial charge >= 0.3 is 5.97 Å². The second kappa shape index (κ2) is 7.31. The highest BCUT2D eigenvalue weighted by Gasteiger charge is 2.09. The second-order valence-corrected chi connectivity index (χ2v) is 4.47. The fraction of sp³-hybridized carbons (Fsp3) is 0.250. The first-order chi connectivity index (χ1) is 10.7. The van der Waals surface area contributed by atoms with E-state index in [1.54, 1.807) is 37.3 Å². The number of anilines is 1. The number of hydrogen-bond acceptors (Lipinski definition) is 6. The SMILES string of the molecule is CCOC(=O)c1ccc(NCc2cccc(OC)c2O)nc1. The summed E-state index contributed by atoms with van der Waals surface area (Å²) in [6.45, 7) is 2.46. The maximum absolute atomic E-state index is 11.5. The third-order valence-corrected chi connectivity index (χ3v) is 3.04. The van der Waals surface area contributed by atoms with Gasteiger partial charge in [0.15, 0.2) is 11.5 Å². The van der Waals surface area contributed by atoms with Gasteiger partial charge in [-0.1, -0.05) is 12.1 Å². The smallest absolute Gasteiger partial charge is 0.339 e. The molecule has 0 atom stereocenters. The molecule has 0 unspecified atom stereocenters. The number of benzene rings is 1. The van der Waals surface area contributed by atoms with Gasteiger partial charge in [0.2, 0.25) is 0 Å². The van der Waals surface area contributed by atoms with Crippen LogP contribution < -0.4 is 10.1 Å². The van der Waals surface area contributed by atoms with Crippen LogP contribution in [0.1, 0.15) is 22.8 Å². The van der Waals surface area contributed by atoms with Crippen molar-refractivity contribution in [1.82, 2.24) is 4.98 Å². The Morgan fingerprint density at radius 1 is 1.32 bits per heavy atom. The van der Waals surface area contributed by atoms with E-state index in [4.69, 9.17) is 9.47 Å². The molecule has 0 saturated carbocycles. The van der Waals surface area contributed by atoms with Crippen LogP contribution >= 0.6 is 0 Å². The summed E-state index contributed by atoms with van der Waals surface area (Å²) < 4.78 is 9.95. The first-order valence-electron chi connectivity index (χ1n) is 6.87. The summed E-state index contributed by atoms with van der Waals surface area (Å²) in [4.78, 5) is 15.7. The lowest BCUT2D eigenvalue weighted by Crippen LogP contribution is -2.06. The van der Waals surface area contributed by atoms with E-state index in [0.717, 1.165) is 0 Å². The minimum Gasteiger partial charge on any atom is -0.504 e. The number of hydrogen-bond donors (Lipinski definition) is 2. The standard InChI is InChI=1S/C16H18N2O4/c1-3-22-16(20)12-7-8-14(18-10-12)17-9-11-5-4-6-13(21-2)15(11)19/h4-8,10,19H,3,9H2,1-2H3,(H,17,18). The summed E-state index contributed by atoms with van der Waals surface area (Å²) in [5, 5.41) is 13.1. The van der Waals surface area contributed by atoms with Gasteiger partial charge in [0.05, 0.1) is 19.3 Å². The number of ether oxygens (including phenoxy) is 2. The Hall–Kier alpha value is -2.76. The van der Waals surface area contributed by atoms with Crippen molar-refractivity contribution in [3.8, 4) is 11.5 Å². The van der Waals surface area contributed by atoms with Crippen molar-refractivity contribution in [2.45, 2.75) is 13.5 Å². The Kier molecular flexibility index (Phi) is 5.19. The molecule has 6 heteroatoms. The molecule has 0 spiro atoms. The van der Waals surface area contributed by atoms with Crippen molar-refractivity contribution in [1.29, 1.82) is 0 Å². The number of rotatable bonds is 6. The molecule has 0 aliphatic carbocycles. The van der Waals surface area contributed by atoms with E-state index in [1.807, 2.05) is 0 Å². The summed E-state index contributed by atoms with van der Waals surface area (Å²) in [5.41, 5.74) is 1.09. The number of aromatic nitrogens is 1. The van der Waals surface area contributed by atoms with Crippen molar-refractivity contribution in [2.75, 3.05) is 19.0 Å². The summed E-state index contributed by atoms with van der Waals surface area (Å²) in [6, 6.07) is 8.60. The number of nitrogens with one attached hydrogen (secondary N) is 1. The van der Waals surface area contributed by atoms with Crippen LogP contribution in [0.2, 0.25) is 0 Å². The van der Waals surface area contributed by atoms with Gasteiger partial charge in [-0.2, -0.15) is 0 Å². The van der Waals surface area contributed by atoms with Gasteiger partial charge in [-0.25, -0.2) is 9.78 Å². The van der Waals surface area contributed by atoms with Crippen molar-refractivity contribution in [2.24, 2.45) is 0 Å². The second-order valence-electron chi connectivity index (χ2n) is 4.47. The summed E-state index contributed by atoms with van der Waals surface area (Å²) >= 11 is 0. The molecule has 2 rings (SSSR count). The Labute approximate surface area is 128 Å². The van der Waals surface area contributed by atoms with E-state index in [9.17, 15) is 9.90 Å². The molecule has 0 radical (unpaired) electrons. The molecule has 0 aliphatic rings. The van der Waals surface area contributed by atoms with Gasteiger partial charge in [-0.15, -0.1) is 0 Å². The highest BCUT2D eigenvalue weighted by atomic mass is 16.5. The Balaban J connectivity index is 2.02. The number of aromatic hydroxyl groups is 1. The molecule has 0 saturated heterocycles. The number of nitrogens with zero attached hydrogens (tertiary/aromatic N) is 1. The number of carbonyl (C=O) groups excluding carboxylic acids is 1. The van der Waals surface area contributed by atoms with E-state index in [-0.39, 0.29) is 5.75 Å². The first kappa shape index (κ1) is 15.6. The molecule has 1 aromatic carbocycles. The topological polar surface area (TPSA) is 80.7 Å². The average molecular weight is 302 g/mol. The predicted molar refractivity (Wildman–Crippen MR) is 82.2 cm³/mol. The monoisotopic (exact) mass is 302 g/mol. The number of carbonyl (C=O) groups is 1. The number of methoxy groups -OCH3 is 1. The van der Waals surface area contributed by atoms with Crippen LogP contribution in [0.5, 0.6) is 11.5 Å². The summed E-state index contributed by atoms with van der Waals surface area (Å²) in [7, 11) is 1.50. The third kappa shape index (κ3) is 3.66. The third-order valence-electron chi connectivity index (χ3n) is 3.04. The van der Waals surface area contributed by atoms with Crippen LogP contribution in [0.4, 0.5) is 5.82 Å². The maximum Gasteiger partial charge on any atom is 0.339 e. The fourth-order valence-corrected chi connectivity index (χ4v) is 1.89. The molecular weight excluding hydrogens is 284 g/mol. The maximum atomic E-state index is 11.5. The zero-order valence-electron chi connectivity index (χ0n) is 12.5. The Bertz CT molecular complexity index is 641. The minimum absolute atomic E-state index is 0.0978. The van der Waals surface area contributed by atoms with Crippen LogP contribution in [-0.4, -0.2) is 29.8 Å². The molecular formula is C16H18N2O4. The molecule has 0 fully saturated rings. The molecule has 116 valence electrons. The number of phenols is 1. The molecule has 22 heavy (non-hydrogen) atoms. The van der Waals surface area contributed by atoms with E-state index in [0.29, 0.717) is 35.8 Å². The lowest BCUT2D eigenvalue weighted by molar-refractivity contribution is 0.0526. The number of para-hydroxylation sites is 1.